The number of hydrogen-bond acceptors (Lipinski definition) is 5. The summed E-state index contributed by atoms with van der Waals surface area (Å²) in [7, 11) is 1.70. The number of ether oxygens (including phenoxy) is 1. The number of benzene rings is 2. The zero-order chi connectivity index (χ0) is 23.2. The number of piperazine rings is 1. The van der Waals surface area contributed by atoms with Gasteiger partial charge in [0.25, 0.3) is 5.91 Å². The van der Waals surface area contributed by atoms with Crippen LogP contribution in [0.2, 0.25) is 0 Å². The van der Waals surface area contributed by atoms with Crippen molar-refractivity contribution in [1.82, 2.24) is 10.2 Å². The van der Waals surface area contributed by atoms with Gasteiger partial charge in [-0.3, -0.25) is 4.79 Å². The van der Waals surface area contributed by atoms with Crippen LogP contribution < -0.4 is 25.2 Å². The Kier molecular flexibility index (Phi) is 7.22. The molecule has 2 heterocycles. The summed E-state index contributed by atoms with van der Waals surface area (Å²) < 4.78 is 5.53. The topological polar surface area (TPSA) is 77.1 Å². The monoisotopic (exact) mass is 451 g/mol. The van der Waals surface area contributed by atoms with E-state index in [9.17, 15) is 9.59 Å². The van der Waals surface area contributed by atoms with E-state index in [1.807, 2.05) is 48.2 Å². The molecule has 0 bridgehead atoms. The summed E-state index contributed by atoms with van der Waals surface area (Å²) >= 11 is 0. The van der Waals surface area contributed by atoms with E-state index in [1.165, 1.54) is 0 Å². The number of nitrogens with zero attached hydrogens (tertiary/aromatic N) is 3. The third kappa shape index (κ3) is 5.16. The largest absolute Gasteiger partial charge is 0.495 e. The molecule has 33 heavy (non-hydrogen) atoms. The zero-order valence-corrected chi connectivity index (χ0v) is 19.5. The fraction of sp³-hybridized carbons (Fsp3) is 0.440. The zero-order valence-electron chi connectivity index (χ0n) is 19.5. The first-order valence-corrected chi connectivity index (χ1v) is 11.7. The van der Waals surface area contributed by atoms with Crippen LogP contribution in [-0.4, -0.2) is 69.8 Å². The van der Waals surface area contributed by atoms with Gasteiger partial charge in [-0.05, 0) is 50.1 Å². The quantitative estimate of drug-likeness (QED) is 0.704. The summed E-state index contributed by atoms with van der Waals surface area (Å²) in [5.74, 6) is 0.908. The Morgan fingerprint density at radius 3 is 2.24 bits per heavy atom. The number of carbonyl (C=O) groups is 2. The fourth-order valence-electron chi connectivity index (χ4n) is 4.57. The van der Waals surface area contributed by atoms with Crippen molar-refractivity contribution in [2.24, 2.45) is 0 Å². The van der Waals surface area contributed by atoms with Crippen molar-refractivity contribution < 1.29 is 14.3 Å². The van der Waals surface area contributed by atoms with Crippen LogP contribution in [0.5, 0.6) is 5.75 Å². The molecule has 0 atom stereocenters. The van der Waals surface area contributed by atoms with Crippen molar-refractivity contribution in [3.63, 3.8) is 0 Å². The van der Waals surface area contributed by atoms with Crippen LogP contribution >= 0.6 is 0 Å². The van der Waals surface area contributed by atoms with Crippen LogP contribution in [0.15, 0.2) is 42.5 Å². The second-order valence-electron chi connectivity index (χ2n) is 8.36. The van der Waals surface area contributed by atoms with Crippen LogP contribution in [-0.2, 0) is 0 Å². The summed E-state index contributed by atoms with van der Waals surface area (Å²) in [6.45, 7) is 7.23. The number of hydrogen-bond donors (Lipinski definition) is 2. The second-order valence-corrected chi connectivity index (χ2v) is 8.36. The second kappa shape index (κ2) is 10.5. The maximum atomic E-state index is 13.4. The van der Waals surface area contributed by atoms with Gasteiger partial charge in [-0.25, -0.2) is 4.79 Å². The maximum absolute atomic E-state index is 13.4. The van der Waals surface area contributed by atoms with Crippen LogP contribution in [0.1, 0.15) is 30.1 Å². The lowest BCUT2D eigenvalue weighted by Crippen LogP contribution is -2.47. The summed E-state index contributed by atoms with van der Waals surface area (Å²) in [6, 6.07) is 13.4. The van der Waals surface area contributed by atoms with Crippen LogP contribution in [0.3, 0.4) is 0 Å². The Balaban J connectivity index is 1.55. The number of methoxy groups -OCH3 is 1. The smallest absolute Gasteiger partial charge is 0.319 e. The highest BCUT2D eigenvalue weighted by atomic mass is 16.5. The normalized spacial score (nSPS) is 16.0. The van der Waals surface area contributed by atoms with Gasteiger partial charge in [0.15, 0.2) is 0 Å². The third-order valence-corrected chi connectivity index (χ3v) is 6.26. The molecule has 2 N–H and O–H groups in total. The van der Waals surface area contributed by atoms with Gasteiger partial charge < -0.3 is 30.1 Å². The molecular formula is C25H33N5O3. The highest BCUT2D eigenvalue weighted by Gasteiger charge is 2.27. The van der Waals surface area contributed by atoms with Gasteiger partial charge >= 0.3 is 6.03 Å². The average molecular weight is 452 g/mol. The number of para-hydroxylation sites is 2. The lowest BCUT2D eigenvalue weighted by Gasteiger charge is -2.38. The first kappa shape index (κ1) is 22.8. The number of carbonyl (C=O) groups excluding carboxylic acids is 2. The molecule has 0 aromatic heterocycles. The average Bonchev–Trinajstić information content (AvgIpc) is 3.39. The first-order chi connectivity index (χ1) is 16.1. The van der Waals surface area contributed by atoms with Gasteiger partial charge in [0, 0.05) is 57.2 Å². The number of nitrogens with one attached hydrogen (secondary N) is 2. The summed E-state index contributed by atoms with van der Waals surface area (Å²) in [6.07, 6.45) is 2.07. The standard InChI is InChI=1S/C25H33N5O3/c1-3-26-25(32)27-19-10-11-21(20(18-19)24(31)30-12-6-7-13-30)28-14-16-29(17-15-28)22-8-4-5-9-23(22)33-2/h4-5,8-11,18H,3,6-7,12-17H2,1-2H3,(H2,26,27,32). The van der Waals surface area contributed by atoms with Gasteiger partial charge in [0.2, 0.25) is 0 Å². The van der Waals surface area contributed by atoms with Crippen LogP contribution in [0.25, 0.3) is 0 Å². The van der Waals surface area contributed by atoms with Gasteiger partial charge in [-0.1, -0.05) is 12.1 Å². The molecular weight excluding hydrogens is 418 g/mol. The van der Waals surface area contributed by atoms with E-state index in [2.05, 4.69) is 26.5 Å². The molecule has 176 valence electrons. The number of rotatable bonds is 6. The number of likely N-dealkylation sites (tertiary alicyclic amines) is 1. The molecule has 2 aliphatic rings. The van der Waals surface area contributed by atoms with Crippen LogP contribution in [0, 0.1) is 0 Å². The van der Waals surface area contributed by atoms with Gasteiger partial charge in [-0.15, -0.1) is 0 Å². The lowest BCUT2D eigenvalue weighted by molar-refractivity contribution is 0.0793. The van der Waals surface area contributed by atoms with Gasteiger partial charge in [0.05, 0.1) is 18.4 Å². The minimum atomic E-state index is -0.268. The fourth-order valence-corrected chi connectivity index (χ4v) is 4.57. The lowest BCUT2D eigenvalue weighted by atomic mass is 10.1. The molecule has 8 heteroatoms. The number of anilines is 3. The highest BCUT2D eigenvalue weighted by molar-refractivity contribution is 6.02. The van der Waals surface area contributed by atoms with Crippen molar-refractivity contribution in [3.05, 3.63) is 48.0 Å². The first-order valence-electron chi connectivity index (χ1n) is 11.7. The van der Waals surface area contributed by atoms with Crippen LogP contribution in [0.4, 0.5) is 21.9 Å². The maximum Gasteiger partial charge on any atom is 0.319 e. The molecule has 2 aliphatic heterocycles. The van der Waals surface area contributed by atoms with E-state index in [-0.39, 0.29) is 11.9 Å². The summed E-state index contributed by atoms with van der Waals surface area (Å²) in [5, 5.41) is 5.57. The van der Waals surface area contributed by atoms with Crippen molar-refractivity contribution >= 4 is 29.0 Å². The Labute approximate surface area is 195 Å². The van der Waals surface area contributed by atoms with Crippen molar-refractivity contribution in [3.8, 4) is 5.75 Å². The molecule has 2 fully saturated rings. The van der Waals surface area contributed by atoms with E-state index in [0.717, 1.165) is 69.2 Å². The van der Waals surface area contributed by atoms with Crippen molar-refractivity contribution in [2.45, 2.75) is 19.8 Å². The number of amides is 3. The third-order valence-electron chi connectivity index (χ3n) is 6.26. The van der Waals surface area contributed by atoms with E-state index < -0.39 is 0 Å². The predicted octanol–water partition coefficient (Wildman–Crippen LogP) is 3.40. The van der Waals surface area contributed by atoms with E-state index in [4.69, 9.17) is 4.74 Å². The Bertz CT molecular complexity index is 982. The molecule has 8 nitrogen and oxygen atoms in total. The van der Waals surface area contributed by atoms with E-state index in [0.29, 0.717) is 17.8 Å². The Morgan fingerprint density at radius 1 is 0.909 bits per heavy atom. The van der Waals surface area contributed by atoms with Crippen molar-refractivity contribution in [1.29, 1.82) is 0 Å². The Hall–Kier alpha value is -3.42. The SMILES string of the molecule is CCNC(=O)Nc1ccc(N2CCN(c3ccccc3OC)CC2)c(C(=O)N2CCCC2)c1. The molecule has 0 radical (unpaired) electrons. The number of urea groups is 1. The molecule has 0 saturated carbocycles. The van der Waals surface area contributed by atoms with E-state index >= 15 is 0 Å². The highest BCUT2D eigenvalue weighted by Crippen LogP contribution is 2.31. The predicted molar refractivity (Wildman–Crippen MR) is 132 cm³/mol. The molecule has 3 amide bonds. The summed E-state index contributed by atoms with van der Waals surface area (Å²) in [4.78, 5) is 31.9. The Morgan fingerprint density at radius 2 is 1.58 bits per heavy atom. The van der Waals surface area contributed by atoms with E-state index in [1.54, 1.807) is 7.11 Å². The molecule has 0 aliphatic carbocycles. The minimum absolute atomic E-state index is 0.0363. The molecule has 2 aromatic rings. The molecule has 4 rings (SSSR count). The van der Waals surface area contributed by atoms with Gasteiger partial charge in [0.1, 0.15) is 5.75 Å². The molecule has 2 saturated heterocycles. The van der Waals surface area contributed by atoms with Crippen molar-refractivity contribution in [2.75, 3.05) is 68.0 Å². The molecule has 0 unspecified atom stereocenters. The molecule has 2 aromatic carbocycles. The molecule has 0 spiro atoms. The minimum Gasteiger partial charge on any atom is -0.495 e. The summed E-state index contributed by atoms with van der Waals surface area (Å²) in [5.41, 5.74) is 3.29. The van der Waals surface area contributed by atoms with Gasteiger partial charge in [-0.2, -0.15) is 0 Å².